The van der Waals surface area contributed by atoms with Gasteiger partial charge in [-0.3, -0.25) is 4.79 Å². The molecule has 1 aliphatic rings. The fraction of sp³-hybridized carbons (Fsp3) is 0.800. The van der Waals surface area contributed by atoms with E-state index in [0.717, 1.165) is 6.42 Å². The third-order valence-electron chi connectivity index (χ3n) is 4.20. The monoisotopic (exact) mass is 268 g/mol. The third kappa shape index (κ3) is 5.74. The van der Waals surface area contributed by atoms with Crippen LogP contribution >= 0.6 is 0 Å². The standard InChI is InChI=1S/C15H28N2O2/c1-2-6-12(15(17)19)10-14(18)13(16)9-11-7-4-3-5-8-11/h2,11-14,18H,1,3-10,16H2,(H2,17,19)/t12?,13-,14+/m0/s1. The summed E-state index contributed by atoms with van der Waals surface area (Å²) >= 11 is 0. The normalized spacial score (nSPS) is 21.6. The van der Waals surface area contributed by atoms with Crippen LogP contribution in [0.15, 0.2) is 12.7 Å². The number of carbonyl (C=O) groups is 1. The van der Waals surface area contributed by atoms with Crippen molar-refractivity contribution in [2.45, 2.75) is 63.5 Å². The summed E-state index contributed by atoms with van der Waals surface area (Å²) in [7, 11) is 0. The first-order chi connectivity index (χ1) is 9.04. The molecule has 5 N–H and O–H groups in total. The van der Waals surface area contributed by atoms with E-state index in [1.165, 1.54) is 32.1 Å². The van der Waals surface area contributed by atoms with Crippen molar-refractivity contribution in [1.82, 2.24) is 0 Å². The van der Waals surface area contributed by atoms with E-state index in [9.17, 15) is 9.90 Å². The Balaban J connectivity index is 2.39. The average Bonchev–Trinajstić information content (AvgIpc) is 2.39. The van der Waals surface area contributed by atoms with Crippen LogP contribution < -0.4 is 11.5 Å². The van der Waals surface area contributed by atoms with Crippen LogP contribution in [0, 0.1) is 11.8 Å². The zero-order valence-corrected chi connectivity index (χ0v) is 11.8. The molecular formula is C15H28N2O2. The van der Waals surface area contributed by atoms with E-state index in [1.54, 1.807) is 6.08 Å². The highest BCUT2D eigenvalue weighted by atomic mass is 16.3. The predicted molar refractivity (Wildman–Crippen MR) is 77.3 cm³/mol. The third-order valence-corrected chi connectivity index (χ3v) is 4.20. The van der Waals surface area contributed by atoms with Crippen LogP contribution in [0.5, 0.6) is 0 Å². The second-order valence-electron chi connectivity index (χ2n) is 5.83. The van der Waals surface area contributed by atoms with Gasteiger partial charge in [0.15, 0.2) is 0 Å². The van der Waals surface area contributed by atoms with Gasteiger partial charge in [-0.2, -0.15) is 0 Å². The first-order valence-corrected chi connectivity index (χ1v) is 7.38. The second kappa shape index (κ2) is 8.33. The molecule has 0 aromatic rings. The lowest BCUT2D eigenvalue weighted by atomic mass is 9.82. The Bertz CT molecular complexity index is 288. The Labute approximate surface area is 116 Å². The summed E-state index contributed by atoms with van der Waals surface area (Å²) in [5.74, 6) is -0.112. The molecule has 1 aliphatic carbocycles. The Morgan fingerprint density at radius 1 is 1.37 bits per heavy atom. The summed E-state index contributed by atoms with van der Waals surface area (Å²) in [6, 6.07) is -0.255. The number of rotatable bonds is 8. The lowest BCUT2D eigenvalue weighted by molar-refractivity contribution is -0.122. The molecule has 4 nitrogen and oxygen atoms in total. The summed E-state index contributed by atoms with van der Waals surface area (Å²) in [6.07, 6.45) is 8.99. The van der Waals surface area contributed by atoms with Crippen LogP contribution in [-0.4, -0.2) is 23.2 Å². The van der Waals surface area contributed by atoms with E-state index in [0.29, 0.717) is 18.8 Å². The summed E-state index contributed by atoms with van der Waals surface area (Å²) in [4.78, 5) is 11.3. The molecule has 0 heterocycles. The molecule has 1 fully saturated rings. The number of hydrogen-bond donors (Lipinski definition) is 3. The molecule has 19 heavy (non-hydrogen) atoms. The van der Waals surface area contributed by atoms with Gasteiger partial charge in [-0.1, -0.05) is 38.2 Å². The Morgan fingerprint density at radius 3 is 2.53 bits per heavy atom. The molecule has 1 amide bonds. The number of allylic oxidation sites excluding steroid dienone is 1. The van der Waals surface area contributed by atoms with Crippen molar-refractivity contribution in [3.8, 4) is 0 Å². The molecule has 0 saturated heterocycles. The van der Waals surface area contributed by atoms with E-state index in [-0.39, 0.29) is 17.9 Å². The maximum atomic E-state index is 11.3. The van der Waals surface area contributed by atoms with Gasteiger partial charge in [-0.05, 0) is 25.2 Å². The van der Waals surface area contributed by atoms with Crippen LogP contribution in [0.1, 0.15) is 51.4 Å². The summed E-state index contributed by atoms with van der Waals surface area (Å²) < 4.78 is 0. The van der Waals surface area contributed by atoms with Crippen LogP contribution in [0.4, 0.5) is 0 Å². The molecule has 1 unspecified atom stereocenters. The highest BCUT2D eigenvalue weighted by molar-refractivity contribution is 5.76. The van der Waals surface area contributed by atoms with Gasteiger partial charge in [-0.25, -0.2) is 0 Å². The topological polar surface area (TPSA) is 89.3 Å². The predicted octanol–water partition coefficient (Wildman–Crippen LogP) is 1.71. The van der Waals surface area contributed by atoms with E-state index in [4.69, 9.17) is 11.5 Å². The van der Waals surface area contributed by atoms with E-state index in [1.807, 2.05) is 0 Å². The smallest absolute Gasteiger partial charge is 0.220 e. The molecule has 0 aliphatic heterocycles. The van der Waals surface area contributed by atoms with Crippen molar-refractivity contribution in [2.24, 2.45) is 23.3 Å². The number of aliphatic hydroxyl groups excluding tert-OH is 1. The van der Waals surface area contributed by atoms with Crippen molar-refractivity contribution in [3.05, 3.63) is 12.7 Å². The van der Waals surface area contributed by atoms with E-state index in [2.05, 4.69) is 6.58 Å². The van der Waals surface area contributed by atoms with Crippen LogP contribution in [0.2, 0.25) is 0 Å². The second-order valence-corrected chi connectivity index (χ2v) is 5.83. The van der Waals surface area contributed by atoms with Crippen LogP contribution in [-0.2, 0) is 4.79 Å². The largest absolute Gasteiger partial charge is 0.391 e. The quantitative estimate of drug-likeness (QED) is 0.585. The molecule has 1 saturated carbocycles. The number of hydrogen-bond acceptors (Lipinski definition) is 3. The molecule has 0 aromatic heterocycles. The molecule has 1 rings (SSSR count). The Morgan fingerprint density at radius 2 is 2.00 bits per heavy atom. The summed E-state index contributed by atoms with van der Waals surface area (Å²) in [5, 5.41) is 10.1. The maximum Gasteiger partial charge on any atom is 0.220 e. The van der Waals surface area contributed by atoms with Crippen molar-refractivity contribution < 1.29 is 9.90 Å². The molecular weight excluding hydrogens is 240 g/mol. The molecule has 0 radical (unpaired) electrons. The molecule has 0 aromatic carbocycles. The first kappa shape index (κ1) is 16.2. The highest BCUT2D eigenvalue weighted by Gasteiger charge is 2.25. The minimum Gasteiger partial charge on any atom is -0.391 e. The zero-order chi connectivity index (χ0) is 14.3. The fourth-order valence-corrected chi connectivity index (χ4v) is 2.96. The number of aliphatic hydroxyl groups is 1. The van der Waals surface area contributed by atoms with Crippen LogP contribution in [0.25, 0.3) is 0 Å². The van der Waals surface area contributed by atoms with E-state index >= 15 is 0 Å². The maximum absolute atomic E-state index is 11.3. The van der Waals surface area contributed by atoms with Gasteiger partial charge >= 0.3 is 0 Å². The number of carbonyl (C=O) groups excluding carboxylic acids is 1. The van der Waals surface area contributed by atoms with Crippen molar-refractivity contribution in [1.29, 1.82) is 0 Å². The van der Waals surface area contributed by atoms with Gasteiger partial charge in [0.05, 0.1) is 6.10 Å². The minimum atomic E-state index is -0.653. The SMILES string of the molecule is C=CCC(C[C@@H](O)[C@@H](N)CC1CCCCC1)C(N)=O. The van der Waals surface area contributed by atoms with Crippen molar-refractivity contribution >= 4 is 5.91 Å². The lowest BCUT2D eigenvalue weighted by Gasteiger charge is -2.28. The van der Waals surface area contributed by atoms with Crippen molar-refractivity contribution in [3.63, 3.8) is 0 Å². The van der Waals surface area contributed by atoms with E-state index < -0.39 is 6.10 Å². The number of amides is 1. The molecule has 0 bridgehead atoms. The molecule has 3 atom stereocenters. The molecule has 4 heteroatoms. The molecule has 110 valence electrons. The van der Waals surface area contributed by atoms with Crippen molar-refractivity contribution in [2.75, 3.05) is 0 Å². The van der Waals surface area contributed by atoms with Gasteiger partial charge < -0.3 is 16.6 Å². The fourth-order valence-electron chi connectivity index (χ4n) is 2.96. The zero-order valence-electron chi connectivity index (χ0n) is 11.8. The Hall–Kier alpha value is -0.870. The van der Waals surface area contributed by atoms with Gasteiger partial charge in [0.25, 0.3) is 0 Å². The molecule has 0 spiro atoms. The average molecular weight is 268 g/mol. The minimum absolute atomic E-state index is 0.255. The highest BCUT2D eigenvalue weighted by Crippen LogP contribution is 2.28. The van der Waals surface area contributed by atoms with Gasteiger partial charge in [-0.15, -0.1) is 6.58 Å². The van der Waals surface area contributed by atoms with Gasteiger partial charge in [0.2, 0.25) is 5.91 Å². The Kier molecular flexibility index (Phi) is 7.10. The first-order valence-electron chi connectivity index (χ1n) is 7.38. The lowest BCUT2D eigenvalue weighted by Crippen LogP contribution is -2.40. The number of nitrogens with two attached hydrogens (primary N) is 2. The van der Waals surface area contributed by atoms with Crippen LogP contribution in [0.3, 0.4) is 0 Å². The van der Waals surface area contributed by atoms with Gasteiger partial charge in [0.1, 0.15) is 0 Å². The van der Waals surface area contributed by atoms with Gasteiger partial charge in [0, 0.05) is 12.0 Å². The summed E-state index contributed by atoms with van der Waals surface area (Å²) in [5.41, 5.74) is 11.4. The number of primary amides is 1. The summed E-state index contributed by atoms with van der Waals surface area (Å²) in [6.45, 7) is 3.61.